The second kappa shape index (κ2) is 12.1. The number of amidine groups is 1. The molecule has 3 rings (SSSR count). The Morgan fingerprint density at radius 2 is 1.57 bits per heavy atom. The summed E-state index contributed by atoms with van der Waals surface area (Å²) in [5.41, 5.74) is 0.834. The van der Waals surface area contributed by atoms with Gasteiger partial charge in [-0.3, -0.25) is 9.98 Å². The van der Waals surface area contributed by atoms with E-state index in [-0.39, 0.29) is 0 Å². The molecule has 0 unspecified atom stereocenters. The van der Waals surface area contributed by atoms with E-state index in [0.29, 0.717) is 23.4 Å². The van der Waals surface area contributed by atoms with Crippen LogP contribution >= 0.6 is 0 Å². The maximum atomic E-state index is 4.57. The molecule has 0 saturated heterocycles. The van der Waals surface area contributed by atoms with Crippen molar-refractivity contribution in [1.29, 1.82) is 0 Å². The van der Waals surface area contributed by atoms with E-state index in [1.54, 1.807) is 48.3 Å². The summed E-state index contributed by atoms with van der Waals surface area (Å²) in [6, 6.07) is 3.65. The molecule has 3 aromatic rings. The maximum Gasteiger partial charge on any atom is 0.254 e. The molecule has 0 bridgehead atoms. The van der Waals surface area contributed by atoms with Crippen molar-refractivity contribution in [3.05, 3.63) is 42.5 Å². The summed E-state index contributed by atoms with van der Waals surface area (Å²) in [5, 5.41) is 11.6. The molecule has 0 fully saturated rings. The van der Waals surface area contributed by atoms with Crippen LogP contribution in [0, 0.1) is 6.92 Å². The Morgan fingerprint density at radius 1 is 0.964 bits per heavy atom. The van der Waals surface area contributed by atoms with E-state index >= 15 is 0 Å². The van der Waals surface area contributed by atoms with Gasteiger partial charge >= 0.3 is 0 Å². The van der Waals surface area contributed by atoms with Gasteiger partial charge in [0, 0.05) is 44.4 Å². The van der Waals surface area contributed by atoms with Gasteiger partial charge in [-0.2, -0.15) is 20.2 Å². The molecule has 0 aliphatic rings. The average Bonchev–Trinajstić information content (AvgIpc) is 3.46. The summed E-state index contributed by atoms with van der Waals surface area (Å²) in [4.78, 5) is 17.3. The number of nitrogens with one attached hydrogen (secondary N) is 1. The Balaban J connectivity index is 0.000000921. The topological polar surface area (TPSA) is 98.2 Å². The van der Waals surface area contributed by atoms with Gasteiger partial charge in [0.25, 0.3) is 5.95 Å². The highest BCUT2D eigenvalue weighted by atomic mass is 15.4. The smallest absolute Gasteiger partial charge is 0.254 e. The largest absolute Gasteiger partial charge is 0.324 e. The number of hydrogen-bond donors (Lipinski definition) is 1. The van der Waals surface area contributed by atoms with Crippen LogP contribution in [0.5, 0.6) is 0 Å². The van der Waals surface area contributed by atoms with E-state index in [9.17, 15) is 0 Å². The van der Waals surface area contributed by atoms with Crippen LogP contribution in [0.2, 0.25) is 0 Å². The van der Waals surface area contributed by atoms with Crippen molar-refractivity contribution in [2.75, 3.05) is 19.4 Å². The second-order valence-corrected chi connectivity index (χ2v) is 4.84. The first-order valence-corrected chi connectivity index (χ1v) is 9.27. The first-order chi connectivity index (χ1) is 13.7. The van der Waals surface area contributed by atoms with Crippen LogP contribution in [0.3, 0.4) is 0 Å². The number of aromatic nitrogens is 6. The van der Waals surface area contributed by atoms with Crippen LogP contribution in [0.15, 0.2) is 46.9 Å². The third kappa shape index (κ3) is 5.57. The highest BCUT2D eigenvalue weighted by Gasteiger charge is 2.15. The fourth-order valence-corrected chi connectivity index (χ4v) is 2.11. The van der Waals surface area contributed by atoms with Gasteiger partial charge in [-0.1, -0.05) is 27.7 Å². The molecular weight excluding hydrogens is 354 g/mol. The molecule has 9 nitrogen and oxygen atoms in total. The highest BCUT2D eigenvalue weighted by molar-refractivity contribution is 6.34. The minimum atomic E-state index is 0.433. The van der Waals surface area contributed by atoms with Crippen molar-refractivity contribution in [3.8, 4) is 11.8 Å². The highest BCUT2D eigenvalue weighted by Crippen LogP contribution is 2.20. The lowest BCUT2D eigenvalue weighted by molar-refractivity contribution is 0.770. The van der Waals surface area contributed by atoms with E-state index in [1.807, 2.05) is 52.9 Å². The average molecular weight is 384 g/mol. The van der Waals surface area contributed by atoms with Crippen LogP contribution in [0.1, 0.15) is 33.3 Å². The lowest BCUT2D eigenvalue weighted by Gasteiger charge is -2.13. The number of anilines is 1. The molecule has 0 spiro atoms. The van der Waals surface area contributed by atoms with Gasteiger partial charge in [-0.15, -0.1) is 0 Å². The summed E-state index contributed by atoms with van der Waals surface area (Å²) in [5.74, 6) is 2.30. The third-order valence-corrected chi connectivity index (χ3v) is 3.28. The molecule has 0 radical (unpaired) electrons. The molecule has 0 atom stereocenters. The van der Waals surface area contributed by atoms with Gasteiger partial charge in [0.05, 0.1) is 6.21 Å². The number of aliphatic imine (C=N–C) groups is 2. The maximum absolute atomic E-state index is 4.57. The molecule has 0 aliphatic heterocycles. The lowest BCUT2D eigenvalue weighted by atomic mass is 10.3. The molecule has 9 heteroatoms. The van der Waals surface area contributed by atoms with E-state index in [4.69, 9.17) is 0 Å². The Hall–Kier alpha value is -3.36. The Kier molecular flexibility index (Phi) is 9.80. The van der Waals surface area contributed by atoms with E-state index in [2.05, 4.69) is 35.5 Å². The summed E-state index contributed by atoms with van der Waals surface area (Å²) in [6.45, 7) is 9.92. The summed E-state index contributed by atoms with van der Waals surface area (Å²) in [6.07, 6.45) is 8.61. The van der Waals surface area contributed by atoms with Crippen LogP contribution in [0.25, 0.3) is 11.8 Å². The van der Waals surface area contributed by atoms with Crippen molar-refractivity contribution in [2.45, 2.75) is 34.6 Å². The van der Waals surface area contributed by atoms with E-state index < -0.39 is 0 Å². The van der Waals surface area contributed by atoms with Crippen molar-refractivity contribution in [3.63, 3.8) is 0 Å². The Morgan fingerprint density at radius 3 is 2.07 bits per heavy atom. The zero-order valence-electron chi connectivity index (χ0n) is 17.6. The first-order valence-electron chi connectivity index (χ1n) is 9.27. The summed E-state index contributed by atoms with van der Waals surface area (Å²) >= 11 is 0. The number of hydrogen-bond acceptors (Lipinski definition) is 6. The standard InChI is InChI=1S/C15H17N9.2C2H6/c1-11-13(20-12(17-3)10-16-2)21-15(24-9-5-7-19-24)22-14(11)23-8-4-6-18-23;2*1-2/h4-10H,1-3H3,(H,17,20,21,22);2*1-2H3. The molecule has 0 amide bonds. The molecule has 0 aliphatic carbocycles. The molecule has 3 heterocycles. The number of rotatable bonds is 4. The summed E-state index contributed by atoms with van der Waals surface area (Å²) < 4.78 is 3.28. The zero-order chi connectivity index (χ0) is 20.9. The lowest BCUT2D eigenvalue weighted by Crippen LogP contribution is -2.18. The number of nitrogens with zero attached hydrogens (tertiary/aromatic N) is 8. The van der Waals surface area contributed by atoms with Crippen molar-refractivity contribution < 1.29 is 0 Å². The van der Waals surface area contributed by atoms with E-state index in [1.165, 1.54) is 0 Å². The van der Waals surface area contributed by atoms with E-state index in [0.717, 1.165) is 5.56 Å². The zero-order valence-corrected chi connectivity index (χ0v) is 17.6. The Bertz CT molecular complexity index is 863. The van der Waals surface area contributed by atoms with Crippen LogP contribution < -0.4 is 5.32 Å². The van der Waals surface area contributed by atoms with Gasteiger partial charge in [0.2, 0.25) is 0 Å². The first kappa shape index (κ1) is 22.7. The second-order valence-electron chi connectivity index (χ2n) is 4.84. The van der Waals surface area contributed by atoms with Crippen LogP contribution in [-0.4, -0.2) is 55.7 Å². The van der Waals surface area contributed by atoms with Gasteiger partial charge < -0.3 is 5.32 Å². The third-order valence-electron chi connectivity index (χ3n) is 3.28. The Labute approximate surface area is 166 Å². The van der Waals surface area contributed by atoms with Crippen molar-refractivity contribution >= 4 is 17.9 Å². The normalized spacial score (nSPS) is 10.8. The molecule has 0 saturated carbocycles. The van der Waals surface area contributed by atoms with Gasteiger partial charge in [0.15, 0.2) is 5.82 Å². The molecular formula is C19H29N9. The molecule has 1 N–H and O–H groups in total. The van der Waals surface area contributed by atoms with Crippen LogP contribution in [-0.2, 0) is 0 Å². The quantitative estimate of drug-likeness (QED) is 0.550. The van der Waals surface area contributed by atoms with Gasteiger partial charge in [0.1, 0.15) is 11.7 Å². The monoisotopic (exact) mass is 383 g/mol. The van der Waals surface area contributed by atoms with Crippen molar-refractivity contribution in [1.82, 2.24) is 29.5 Å². The fraction of sp³-hybridized carbons (Fsp3) is 0.368. The minimum absolute atomic E-state index is 0.433. The SMILES string of the molecule is CC.CC.CN=CC(=NC)Nc1nc(-n2cccn2)nc(-n2cccn2)c1C. The molecule has 28 heavy (non-hydrogen) atoms. The van der Waals surface area contributed by atoms with Crippen LogP contribution in [0.4, 0.5) is 5.82 Å². The predicted molar refractivity (Wildman–Crippen MR) is 115 cm³/mol. The van der Waals surface area contributed by atoms with Gasteiger partial charge in [-0.05, 0) is 19.1 Å². The predicted octanol–water partition coefficient (Wildman–Crippen LogP) is 3.35. The summed E-state index contributed by atoms with van der Waals surface area (Å²) in [7, 11) is 3.37. The fourth-order valence-electron chi connectivity index (χ4n) is 2.11. The van der Waals surface area contributed by atoms with Crippen molar-refractivity contribution in [2.24, 2.45) is 9.98 Å². The van der Waals surface area contributed by atoms with Gasteiger partial charge in [-0.25, -0.2) is 9.36 Å². The molecule has 150 valence electrons. The minimum Gasteiger partial charge on any atom is -0.324 e. The molecule has 3 aromatic heterocycles. The molecule has 0 aromatic carbocycles.